The van der Waals surface area contributed by atoms with Crippen LogP contribution in [0, 0.1) is 0 Å². The minimum absolute atomic E-state index is 0.0323. The van der Waals surface area contributed by atoms with Crippen molar-refractivity contribution < 1.29 is 5.11 Å². The van der Waals surface area contributed by atoms with E-state index in [-0.39, 0.29) is 20.9 Å². The van der Waals surface area contributed by atoms with Gasteiger partial charge in [0.05, 0.1) is 0 Å². The van der Waals surface area contributed by atoms with Gasteiger partial charge in [0.25, 0.3) is 0 Å². The zero-order chi connectivity index (χ0) is 6.69. The summed E-state index contributed by atoms with van der Waals surface area (Å²) in [6.45, 7) is 0. The SMILES string of the molecule is C[Te]c1ccc(O)cc1. The van der Waals surface area contributed by atoms with Crippen molar-refractivity contribution in [2.75, 3.05) is 0 Å². The van der Waals surface area contributed by atoms with E-state index in [2.05, 4.69) is 4.97 Å². The van der Waals surface area contributed by atoms with Gasteiger partial charge in [0.15, 0.2) is 0 Å². The second kappa shape index (κ2) is 3.10. The molecule has 0 radical (unpaired) electrons. The Morgan fingerprint density at radius 3 is 2.22 bits per heavy atom. The first-order chi connectivity index (χ1) is 4.33. The topological polar surface area (TPSA) is 20.2 Å². The minimum atomic E-state index is 0.0323. The van der Waals surface area contributed by atoms with Crippen molar-refractivity contribution in [3.63, 3.8) is 0 Å². The molecule has 1 rings (SSSR count). The monoisotopic (exact) mass is 238 g/mol. The van der Waals surface area contributed by atoms with Crippen LogP contribution in [-0.4, -0.2) is 26.0 Å². The summed E-state index contributed by atoms with van der Waals surface area (Å²) >= 11 is 0.0323. The second-order valence-electron chi connectivity index (χ2n) is 1.70. The van der Waals surface area contributed by atoms with Crippen molar-refractivity contribution >= 4 is 24.5 Å². The first-order valence-corrected chi connectivity index (χ1v) is 6.15. The van der Waals surface area contributed by atoms with Crippen LogP contribution in [0.4, 0.5) is 0 Å². The number of phenolic OH excluding ortho intramolecular Hbond substituents is 1. The van der Waals surface area contributed by atoms with E-state index in [9.17, 15) is 0 Å². The number of aromatic hydroxyl groups is 1. The first-order valence-electron chi connectivity index (χ1n) is 2.66. The molecular formula is C7H8OTe. The predicted octanol–water partition coefficient (Wildman–Crippen LogP) is 0.770. The van der Waals surface area contributed by atoms with Crippen LogP contribution in [-0.2, 0) is 0 Å². The van der Waals surface area contributed by atoms with Crippen molar-refractivity contribution in [2.24, 2.45) is 0 Å². The molecule has 0 atom stereocenters. The number of benzene rings is 1. The van der Waals surface area contributed by atoms with Gasteiger partial charge in [-0.25, -0.2) is 0 Å². The Kier molecular flexibility index (Phi) is 2.38. The van der Waals surface area contributed by atoms with Crippen molar-refractivity contribution in [1.29, 1.82) is 0 Å². The summed E-state index contributed by atoms with van der Waals surface area (Å²) in [6.07, 6.45) is 0. The van der Waals surface area contributed by atoms with Crippen LogP contribution in [0.3, 0.4) is 0 Å². The Balaban J connectivity index is 2.88. The molecule has 0 saturated heterocycles. The van der Waals surface area contributed by atoms with Crippen LogP contribution in [0.2, 0.25) is 4.97 Å². The first kappa shape index (κ1) is 6.92. The average molecular weight is 236 g/mol. The van der Waals surface area contributed by atoms with Crippen molar-refractivity contribution in [2.45, 2.75) is 4.97 Å². The summed E-state index contributed by atoms with van der Waals surface area (Å²) in [7, 11) is 0. The molecule has 0 aliphatic rings. The van der Waals surface area contributed by atoms with Gasteiger partial charge in [-0.1, -0.05) is 0 Å². The molecule has 48 valence electrons. The van der Waals surface area contributed by atoms with Crippen LogP contribution >= 0.6 is 0 Å². The van der Waals surface area contributed by atoms with Gasteiger partial charge in [-0.15, -0.1) is 0 Å². The Bertz CT molecular complexity index is 181. The molecule has 1 N–H and O–H groups in total. The quantitative estimate of drug-likeness (QED) is 0.713. The normalized spacial score (nSPS) is 9.44. The summed E-state index contributed by atoms with van der Waals surface area (Å²) in [4.78, 5) is 2.22. The van der Waals surface area contributed by atoms with Gasteiger partial charge < -0.3 is 0 Å². The van der Waals surface area contributed by atoms with E-state index in [1.165, 1.54) is 3.61 Å². The van der Waals surface area contributed by atoms with E-state index < -0.39 is 0 Å². The third-order valence-corrected chi connectivity index (χ3v) is 3.19. The van der Waals surface area contributed by atoms with Gasteiger partial charge in [-0.3, -0.25) is 0 Å². The molecular weight excluding hydrogens is 228 g/mol. The summed E-state index contributed by atoms with van der Waals surface area (Å²) in [5.74, 6) is 0.361. The van der Waals surface area contributed by atoms with Crippen LogP contribution < -0.4 is 3.61 Å². The van der Waals surface area contributed by atoms with Gasteiger partial charge in [-0.05, 0) is 0 Å². The Morgan fingerprint density at radius 2 is 1.78 bits per heavy atom. The molecule has 0 heterocycles. The van der Waals surface area contributed by atoms with E-state index >= 15 is 0 Å². The fourth-order valence-corrected chi connectivity index (χ4v) is 1.75. The van der Waals surface area contributed by atoms with Crippen LogP contribution in [0.15, 0.2) is 24.3 Å². The molecule has 0 amide bonds. The number of rotatable bonds is 1. The fraction of sp³-hybridized carbons (Fsp3) is 0.143. The van der Waals surface area contributed by atoms with E-state index in [1.807, 2.05) is 12.1 Å². The Hall–Kier alpha value is -0.190. The van der Waals surface area contributed by atoms with Gasteiger partial charge in [0.1, 0.15) is 0 Å². The van der Waals surface area contributed by atoms with E-state index in [1.54, 1.807) is 12.1 Å². The number of phenols is 1. The van der Waals surface area contributed by atoms with Gasteiger partial charge >= 0.3 is 64.6 Å². The zero-order valence-electron chi connectivity index (χ0n) is 5.16. The van der Waals surface area contributed by atoms with Gasteiger partial charge in [0, 0.05) is 0 Å². The summed E-state index contributed by atoms with van der Waals surface area (Å²) < 4.78 is 1.39. The summed E-state index contributed by atoms with van der Waals surface area (Å²) in [5, 5.41) is 8.87. The molecule has 2 heteroatoms. The van der Waals surface area contributed by atoms with Gasteiger partial charge in [0.2, 0.25) is 0 Å². The summed E-state index contributed by atoms with van der Waals surface area (Å²) in [6, 6.07) is 7.45. The fourth-order valence-electron chi connectivity index (χ4n) is 0.582. The van der Waals surface area contributed by atoms with Gasteiger partial charge in [-0.2, -0.15) is 0 Å². The van der Waals surface area contributed by atoms with E-state index in [0.717, 1.165) is 0 Å². The Labute approximate surface area is 64.8 Å². The standard InChI is InChI=1S/C7H8OTe/c1-9-7-4-2-6(8)3-5-7/h2-5,8H,1H3. The molecule has 0 unspecified atom stereocenters. The molecule has 0 bridgehead atoms. The van der Waals surface area contributed by atoms with Crippen LogP contribution in [0.1, 0.15) is 0 Å². The van der Waals surface area contributed by atoms with Crippen molar-refractivity contribution in [3.05, 3.63) is 24.3 Å². The molecule has 1 nitrogen and oxygen atoms in total. The second-order valence-corrected chi connectivity index (χ2v) is 4.21. The van der Waals surface area contributed by atoms with Crippen molar-refractivity contribution in [3.8, 4) is 5.75 Å². The molecule has 0 aromatic heterocycles. The molecule has 9 heavy (non-hydrogen) atoms. The Morgan fingerprint density at radius 1 is 1.22 bits per heavy atom. The molecule has 0 aliphatic carbocycles. The van der Waals surface area contributed by atoms with Crippen LogP contribution in [0.25, 0.3) is 0 Å². The molecule has 0 aliphatic heterocycles. The number of hydrogen-bond acceptors (Lipinski definition) is 1. The maximum atomic E-state index is 8.87. The van der Waals surface area contributed by atoms with E-state index in [0.29, 0.717) is 5.75 Å². The molecule has 0 fully saturated rings. The van der Waals surface area contributed by atoms with Crippen molar-refractivity contribution in [1.82, 2.24) is 0 Å². The third kappa shape index (κ3) is 1.89. The molecule has 1 aromatic rings. The molecule has 0 spiro atoms. The molecule has 1 aromatic carbocycles. The van der Waals surface area contributed by atoms with E-state index in [4.69, 9.17) is 5.11 Å². The maximum absolute atomic E-state index is 8.87. The number of hydrogen-bond donors (Lipinski definition) is 1. The molecule has 0 saturated carbocycles. The third-order valence-electron chi connectivity index (χ3n) is 1.07. The average Bonchev–Trinajstić information content (AvgIpc) is 1.90. The predicted molar refractivity (Wildman–Crippen MR) is 39.4 cm³/mol. The zero-order valence-corrected chi connectivity index (χ0v) is 7.50. The summed E-state index contributed by atoms with van der Waals surface area (Å²) in [5.41, 5.74) is 0. The van der Waals surface area contributed by atoms with Crippen LogP contribution in [0.5, 0.6) is 5.75 Å².